The van der Waals surface area contributed by atoms with E-state index in [2.05, 4.69) is 0 Å². The van der Waals surface area contributed by atoms with Crippen molar-refractivity contribution in [2.45, 2.75) is 12.8 Å². The number of nitrogens with zero attached hydrogens (tertiary/aromatic N) is 1. The van der Waals surface area contributed by atoms with Crippen LogP contribution in [0.3, 0.4) is 0 Å². The molecule has 3 heteroatoms. The summed E-state index contributed by atoms with van der Waals surface area (Å²) >= 11 is 0. The van der Waals surface area contributed by atoms with Crippen molar-refractivity contribution in [1.29, 1.82) is 0 Å². The highest BCUT2D eigenvalue weighted by atomic mass is 16.6. The molecular formula is C6H9NO2. The Balaban J connectivity index is 2.28. The molecule has 0 heterocycles. The summed E-state index contributed by atoms with van der Waals surface area (Å²) in [5.41, 5.74) is 0. The van der Waals surface area contributed by atoms with Crippen molar-refractivity contribution in [2.75, 3.05) is 6.54 Å². The Bertz CT molecular complexity index is 142. The predicted octanol–water partition coefficient (Wildman–Crippen LogP) is 1.23. The average Bonchev–Trinajstić information content (AvgIpc) is 2.15. The molecule has 0 aromatic heterocycles. The van der Waals surface area contributed by atoms with Crippen molar-refractivity contribution in [3.05, 3.63) is 22.3 Å². The lowest BCUT2D eigenvalue weighted by molar-refractivity contribution is -0.485. The van der Waals surface area contributed by atoms with Gasteiger partial charge < -0.3 is 0 Å². The van der Waals surface area contributed by atoms with Gasteiger partial charge in [0.25, 0.3) is 0 Å². The van der Waals surface area contributed by atoms with Crippen LogP contribution in [0.4, 0.5) is 0 Å². The van der Waals surface area contributed by atoms with E-state index >= 15 is 0 Å². The lowest BCUT2D eigenvalue weighted by Crippen LogP contribution is -2.09. The number of hydrogen-bond donors (Lipinski definition) is 0. The molecule has 0 saturated carbocycles. The van der Waals surface area contributed by atoms with Crippen LogP contribution in [0, 0.1) is 16.0 Å². The molecule has 1 atom stereocenters. The molecule has 0 unspecified atom stereocenters. The van der Waals surface area contributed by atoms with Crippen molar-refractivity contribution < 1.29 is 4.92 Å². The second kappa shape index (κ2) is 2.62. The van der Waals surface area contributed by atoms with Gasteiger partial charge in [-0.1, -0.05) is 12.2 Å². The smallest absolute Gasteiger partial charge is 0.210 e. The third-order valence-corrected chi connectivity index (χ3v) is 1.50. The molecular weight excluding hydrogens is 118 g/mol. The van der Waals surface area contributed by atoms with E-state index in [1.807, 2.05) is 12.2 Å². The number of allylic oxidation sites excluding steroid dienone is 1. The summed E-state index contributed by atoms with van der Waals surface area (Å²) in [6.07, 6.45) is 5.91. The zero-order valence-corrected chi connectivity index (χ0v) is 5.12. The molecule has 0 saturated heterocycles. The van der Waals surface area contributed by atoms with Crippen molar-refractivity contribution in [1.82, 2.24) is 0 Å². The molecule has 0 aromatic carbocycles. The molecule has 9 heavy (non-hydrogen) atoms. The zero-order chi connectivity index (χ0) is 6.69. The minimum atomic E-state index is -0.250. The molecule has 0 bridgehead atoms. The first-order valence-electron chi connectivity index (χ1n) is 3.07. The van der Waals surface area contributed by atoms with Gasteiger partial charge in [0.1, 0.15) is 0 Å². The summed E-state index contributed by atoms with van der Waals surface area (Å²) in [5, 5.41) is 9.93. The van der Waals surface area contributed by atoms with E-state index in [1.165, 1.54) is 0 Å². The number of nitro groups is 1. The summed E-state index contributed by atoms with van der Waals surface area (Å²) in [7, 11) is 0. The van der Waals surface area contributed by atoms with E-state index in [9.17, 15) is 10.1 Å². The molecule has 1 aliphatic rings. The molecule has 0 amide bonds. The van der Waals surface area contributed by atoms with Gasteiger partial charge in [0.15, 0.2) is 0 Å². The Morgan fingerprint density at radius 1 is 1.78 bits per heavy atom. The van der Waals surface area contributed by atoms with Crippen LogP contribution < -0.4 is 0 Å². The van der Waals surface area contributed by atoms with Crippen molar-refractivity contribution in [3.8, 4) is 0 Å². The second-order valence-corrected chi connectivity index (χ2v) is 2.28. The Morgan fingerprint density at radius 3 is 3.00 bits per heavy atom. The van der Waals surface area contributed by atoms with Crippen LogP contribution in [0.1, 0.15) is 12.8 Å². The molecule has 0 radical (unpaired) electrons. The molecule has 3 nitrogen and oxygen atoms in total. The van der Waals surface area contributed by atoms with Gasteiger partial charge in [-0.2, -0.15) is 0 Å². The van der Waals surface area contributed by atoms with Gasteiger partial charge in [0, 0.05) is 10.8 Å². The standard InChI is InChI=1S/C6H9NO2/c8-7(9)5-6-3-1-2-4-6/h1,3,6H,2,4-5H2/t6-/m0/s1. The maximum Gasteiger partial charge on any atom is 0.210 e. The first-order chi connectivity index (χ1) is 4.29. The summed E-state index contributed by atoms with van der Waals surface area (Å²) in [6.45, 7) is 0.108. The van der Waals surface area contributed by atoms with Crippen molar-refractivity contribution >= 4 is 0 Å². The minimum absolute atomic E-state index is 0.108. The minimum Gasteiger partial charge on any atom is -0.265 e. The Morgan fingerprint density at radius 2 is 2.56 bits per heavy atom. The lowest BCUT2D eigenvalue weighted by atomic mass is 10.1. The van der Waals surface area contributed by atoms with Crippen LogP contribution in [0.25, 0.3) is 0 Å². The van der Waals surface area contributed by atoms with E-state index in [-0.39, 0.29) is 17.4 Å². The van der Waals surface area contributed by atoms with Crippen LogP contribution >= 0.6 is 0 Å². The van der Waals surface area contributed by atoms with Gasteiger partial charge in [-0.05, 0) is 12.8 Å². The van der Waals surface area contributed by atoms with Crippen LogP contribution in [-0.4, -0.2) is 11.5 Å². The summed E-state index contributed by atoms with van der Waals surface area (Å²) in [6, 6.07) is 0. The average molecular weight is 127 g/mol. The van der Waals surface area contributed by atoms with E-state index in [0.717, 1.165) is 12.8 Å². The van der Waals surface area contributed by atoms with Crippen molar-refractivity contribution in [2.24, 2.45) is 5.92 Å². The maximum atomic E-state index is 9.93. The van der Waals surface area contributed by atoms with Gasteiger partial charge in [-0.15, -0.1) is 0 Å². The van der Waals surface area contributed by atoms with E-state index < -0.39 is 0 Å². The Labute approximate surface area is 53.5 Å². The van der Waals surface area contributed by atoms with E-state index in [1.54, 1.807) is 0 Å². The first-order valence-corrected chi connectivity index (χ1v) is 3.07. The largest absolute Gasteiger partial charge is 0.265 e. The van der Waals surface area contributed by atoms with Gasteiger partial charge in [0.05, 0.1) is 0 Å². The fourth-order valence-electron chi connectivity index (χ4n) is 1.04. The number of hydrogen-bond acceptors (Lipinski definition) is 2. The van der Waals surface area contributed by atoms with Crippen LogP contribution in [0.5, 0.6) is 0 Å². The van der Waals surface area contributed by atoms with Crippen molar-refractivity contribution in [3.63, 3.8) is 0 Å². The van der Waals surface area contributed by atoms with Crippen LogP contribution in [0.15, 0.2) is 12.2 Å². The topological polar surface area (TPSA) is 43.1 Å². The highest BCUT2D eigenvalue weighted by Crippen LogP contribution is 2.16. The lowest BCUT2D eigenvalue weighted by Gasteiger charge is -1.97. The predicted molar refractivity (Wildman–Crippen MR) is 33.7 cm³/mol. The molecule has 0 N–H and O–H groups in total. The van der Waals surface area contributed by atoms with Gasteiger partial charge >= 0.3 is 0 Å². The molecule has 0 aromatic rings. The van der Waals surface area contributed by atoms with Gasteiger partial charge in [0.2, 0.25) is 6.54 Å². The molecule has 0 spiro atoms. The Hall–Kier alpha value is -0.860. The molecule has 50 valence electrons. The third-order valence-electron chi connectivity index (χ3n) is 1.50. The summed E-state index contributed by atoms with van der Waals surface area (Å²) < 4.78 is 0. The quantitative estimate of drug-likeness (QED) is 0.318. The maximum absolute atomic E-state index is 9.93. The SMILES string of the molecule is O=[N+]([O-])C[C@H]1C=CCC1. The molecule has 1 aliphatic carbocycles. The van der Waals surface area contributed by atoms with E-state index in [0.29, 0.717) is 0 Å². The summed E-state index contributed by atoms with van der Waals surface area (Å²) in [4.78, 5) is 9.68. The highest BCUT2D eigenvalue weighted by Gasteiger charge is 2.13. The molecule has 0 fully saturated rings. The summed E-state index contributed by atoms with van der Waals surface area (Å²) in [5.74, 6) is 0.208. The Kier molecular flexibility index (Phi) is 1.82. The van der Waals surface area contributed by atoms with Gasteiger partial charge in [-0.25, -0.2) is 0 Å². The first kappa shape index (κ1) is 6.26. The fraction of sp³-hybridized carbons (Fsp3) is 0.667. The monoisotopic (exact) mass is 127 g/mol. The number of rotatable bonds is 2. The zero-order valence-electron chi connectivity index (χ0n) is 5.12. The highest BCUT2D eigenvalue weighted by molar-refractivity contribution is 4.95. The van der Waals surface area contributed by atoms with E-state index in [4.69, 9.17) is 0 Å². The van der Waals surface area contributed by atoms with Crippen LogP contribution in [0.2, 0.25) is 0 Å². The second-order valence-electron chi connectivity index (χ2n) is 2.28. The fourth-order valence-corrected chi connectivity index (χ4v) is 1.04. The normalized spacial score (nSPS) is 24.7. The van der Waals surface area contributed by atoms with Crippen LogP contribution in [-0.2, 0) is 0 Å². The molecule has 0 aliphatic heterocycles. The molecule has 1 rings (SSSR count). The van der Waals surface area contributed by atoms with Gasteiger partial charge in [-0.3, -0.25) is 10.1 Å². The third kappa shape index (κ3) is 1.83.